The van der Waals surface area contributed by atoms with Crippen LogP contribution in [0.3, 0.4) is 0 Å². The number of carbonyl (C=O) groups excluding carboxylic acids is 2. The predicted octanol–water partition coefficient (Wildman–Crippen LogP) is 1.34. The molecule has 1 aliphatic heterocycles. The Balaban J connectivity index is 1.98. The first-order chi connectivity index (χ1) is 12.0. The van der Waals surface area contributed by atoms with Crippen LogP contribution in [0.1, 0.15) is 59.3 Å². The maximum atomic E-state index is 12.9. The fraction of sp³-hybridized carbons (Fsp3) is 0.889. The van der Waals surface area contributed by atoms with E-state index < -0.39 is 20.8 Å². The molecule has 1 heterocycles. The Morgan fingerprint density at radius 1 is 1.12 bits per heavy atom. The molecule has 2 aliphatic rings. The molecule has 1 N–H and O–H groups in total. The fourth-order valence-electron chi connectivity index (χ4n) is 3.82. The number of sulfonamides is 1. The lowest BCUT2D eigenvalue weighted by Crippen LogP contribution is -2.52. The van der Waals surface area contributed by atoms with Crippen molar-refractivity contribution in [3.05, 3.63) is 0 Å². The number of nitrogens with one attached hydrogen (secondary N) is 1. The molecule has 0 radical (unpaired) electrons. The molecule has 1 atom stereocenters. The van der Waals surface area contributed by atoms with Crippen LogP contribution in [0.15, 0.2) is 0 Å². The van der Waals surface area contributed by atoms with Crippen molar-refractivity contribution in [2.45, 2.75) is 70.1 Å². The van der Waals surface area contributed by atoms with Gasteiger partial charge in [0.15, 0.2) is 0 Å². The monoisotopic (exact) mass is 387 g/mol. The maximum absolute atomic E-state index is 12.9. The van der Waals surface area contributed by atoms with Gasteiger partial charge in [-0.05, 0) is 46.5 Å². The molecule has 2 amide bonds. The summed E-state index contributed by atoms with van der Waals surface area (Å²) < 4.78 is 26.9. The second-order valence-corrected chi connectivity index (χ2v) is 10.9. The van der Waals surface area contributed by atoms with E-state index in [9.17, 15) is 18.0 Å². The number of amides is 2. The van der Waals surface area contributed by atoms with Gasteiger partial charge in [0.1, 0.15) is 0 Å². The van der Waals surface area contributed by atoms with Crippen LogP contribution >= 0.6 is 0 Å². The van der Waals surface area contributed by atoms with Gasteiger partial charge >= 0.3 is 0 Å². The highest BCUT2D eigenvalue weighted by Gasteiger charge is 2.38. The zero-order valence-corrected chi connectivity index (χ0v) is 17.3. The minimum absolute atomic E-state index is 0.0618. The Hall–Kier alpha value is -1.15. The van der Waals surface area contributed by atoms with Gasteiger partial charge in [0.25, 0.3) is 0 Å². The number of hydrogen-bond donors (Lipinski definition) is 1. The third-order valence-corrected chi connectivity index (χ3v) is 7.36. The first kappa shape index (κ1) is 21.2. The third kappa shape index (κ3) is 5.42. The van der Waals surface area contributed by atoms with Crippen molar-refractivity contribution < 1.29 is 18.0 Å². The van der Waals surface area contributed by atoms with Crippen LogP contribution in [-0.2, 0) is 19.6 Å². The van der Waals surface area contributed by atoms with Gasteiger partial charge in [0, 0.05) is 31.6 Å². The average Bonchev–Trinajstić information content (AvgIpc) is 3.06. The fourth-order valence-corrected chi connectivity index (χ4v) is 5.46. The zero-order valence-electron chi connectivity index (χ0n) is 16.5. The molecule has 0 bridgehead atoms. The van der Waals surface area contributed by atoms with Gasteiger partial charge in [0.05, 0.1) is 11.8 Å². The molecule has 8 heteroatoms. The van der Waals surface area contributed by atoms with Gasteiger partial charge in [-0.15, -0.1) is 0 Å². The summed E-state index contributed by atoms with van der Waals surface area (Å²) in [6.45, 7) is 6.23. The molecule has 0 unspecified atom stereocenters. The number of nitrogens with zero attached hydrogens (tertiary/aromatic N) is 2. The van der Waals surface area contributed by atoms with E-state index in [1.54, 1.807) is 4.90 Å². The van der Waals surface area contributed by atoms with Crippen LogP contribution in [0.5, 0.6) is 0 Å². The van der Waals surface area contributed by atoms with Crippen LogP contribution in [0.2, 0.25) is 0 Å². The van der Waals surface area contributed by atoms with E-state index in [1.165, 1.54) is 7.05 Å². The standard InChI is InChI=1S/C18H33N3O4S/c1-18(2,3)19-16(22)13-20(4)26(24,25)15-10-7-11-21(12-15)17(23)14-8-5-6-9-14/h14-15H,5-13H2,1-4H3,(H,19,22)/t15-/m0/s1. The Labute approximate surface area is 157 Å². The van der Waals surface area contributed by atoms with E-state index in [1.807, 2.05) is 20.8 Å². The summed E-state index contributed by atoms with van der Waals surface area (Å²) in [5.74, 6) is -0.152. The van der Waals surface area contributed by atoms with Crippen molar-refractivity contribution in [3.8, 4) is 0 Å². The lowest BCUT2D eigenvalue weighted by molar-refractivity contribution is -0.136. The number of likely N-dealkylation sites (N-methyl/N-ethyl adjacent to an activating group) is 1. The topological polar surface area (TPSA) is 86.8 Å². The molecule has 26 heavy (non-hydrogen) atoms. The number of rotatable bonds is 5. The lowest BCUT2D eigenvalue weighted by atomic mass is 10.0. The van der Waals surface area contributed by atoms with Crippen molar-refractivity contribution in [1.29, 1.82) is 0 Å². The molecule has 2 rings (SSSR count). The maximum Gasteiger partial charge on any atom is 0.235 e. The van der Waals surface area contributed by atoms with E-state index in [2.05, 4.69) is 5.32 Å². The highest BCUT2D eigenvalue weighted by Crippen LogP contribution is 2.29. The average molecular weight is 388 g/mol. The third-order valence-electron chi connectivity index (χ3n) is 5.13. The number of carbonyl (C=O) groups is 2. The van der Waals surface area contributed by atoms with Gasteiger partial charge < -0.3 is 10.2 Å². The SMILES string of the molecule is CN(CC(=O)NC(C)(C)C)S(=O)(=O)[C@H]1CCCN(C(=O)C2CCCC2)C1. The summed E-state index contributed by atoms with van der Waals surface area (Å²) in [5, 5.41) is 2.15. The van der Waals surface area contributed by atoms with Gasteiger partial charge in [-0.3, -0.25) is 9.59 Å². The molecule has 0 aromatic carbocycles. The summed E-state index contributed by atoms with van der Waals surface area (Å²) in [7, 11) is -2.18. The van der Waals surface area contributed by atoms with Gasteiger partial charge in [-0.25, -0.2) is 8.42 Å². The van der Waals surface area contributed by atoms with Crippen LogP contribution in [0.4, 0.5) is 0 Å². The molecule has 150 valence electrons. The Morgan fingerprint density at radius 3 is 2.31 bits per heavy atom. The Morgan fingerprint density at radius 2 is 1.73 bits per heavy atom. The van der Waals surface area contributed by atoms with E-state index in [0.29, 0.717) is 19.4 Å². The minimum Gasteiger partial charge on any atom is -0.350 e. The highest BCUT2D eigenvalue weighted by molar-refractivity contribution is 7.89. The van der Waals surface area contributed by atoms with E-state index >= 15 is 0 Å². The van der Waals surface area contributed by atoms with Crippen LogP contribution in [-0.4, -0.2) is 66.9 Å². The van der Waals surface area contributed by atoms with Crippen molar-refractivity contribution in [3.63, 3.8) is 0 Å². The highest BCUT2D eigenvalue weighted by atomic mass is 32.2. The Bertz CT molecular complexity index is 621. The van der Waals surface area contributed by atoms with Gasteiger partial charge in [-0.2, -0.15) is 4.31 Å². The smallest absolute Gasteiger partial charge is 0.235 e. The number of likely N-dealkylation sites (tertiary alicyclic amines) is 1. The molecule has 7 nitrogen and oxygen atoms in total. The molecule has 1 saturated carbocycles. The van der Waals surface area contributed by atoms with Crippen molar-refractivity contribution in [2.24, 2.45) is 5.92 Å². The normalized spacial score (nSPS) is 22.7. The van der Waals surface area contributed by atoms with Crippen molar-refractivity contribution in [2.75, 3.05) is 26.7 Å². The summed E-state index contributed by atoms with van der Waals surface area (Å²) in [6, 6.07) is 0. The van der Waals surface area contributed by atoms with E-state index in [4.69, 9.17) is 0 Å². The molecule has 0 spiro atoms. The molecule has 1 saturated heterocycles. The van der Waals surface area contributed by atoms with Crippen molar-refractivity contribution >= 4 is 21.8 Å². The predicted molar refractivity (Wildman–Crippen MR) is 101 cm³/mol. The number of piperidine rings is 1. The van der Waals surface area contributed by atoms with Gasteiger partial charge in [0.2, 0.25) is 21.8 Å². The molecular weight excluding hydrogens is 354 g/mol. The van der Waals surface area contributed by atoms with Crippen molar-refractivity contribution in [1.82, 2.24) is 14.5 Å². The first-order valence-corrected chi connectivity index (χ1v) is 11.1. The molecule has 0 aromatic heterocycles. The summed E-state index contributed by atoms with van der Waals surface area (Å²) in [6.07, 6.45) is 5.21. The molecule has 0 aromatic rings. The lowest BCUT2D eigenvalue weighted by Gasteiger charge is -2.35. The van der Waals surface area contributed by atoms with Crippen LogP contribution in [0.25, 0.3) is 0 Å². The van der Waals surface area contributed by atoms with E-state index in [0.717, 1.165) is 30.0 Å². The number of hydrogen-bond acceptors (Lipinski definition) is 4. The Kier molecular flexibility index (Phi) is 6.71. The quantitative estimate of drug-likeness (QED) is 0.771. The van der Waals surface area contributed by atoms with Crippen LogP contribution < -0.4 is 5.32 Å². The summed E-state index contributed by atoms with van der Waals surface area (Å²) >= 11 is 0. The van der Waals surface area contributed by atoms with E-state index in [-0.39, 0.29) is 30.8 Å². The minimum atomic E-state index is -3.62. The van der Waals surface area contributed by atoms with Gasteiger partial charge in [-0.1, -0.05) is 12.8 Å². The zero-order chi connectivity index (χ0) is 19.5. The molecular formula is C18H33N3O4S. The summed E-state index contributed by atoms with van der Waals surface area (Å²) in [4.78, 5) is 26.4. The second-order valence-electron chi connectivity index (χ2n) is 8.63. The molecule has 1 aliphatic carbocycles. The molecule has 2 fully saturated rings. The second kappa shape index (κ2) is 8.25. The largest absolute Gasteiger partial charge is 0.350 e. The van der Waals surface area contributed by atoms with Crippen LogP contribution in [0, 0.1) is 5.92 Å². The summed E-state index contributed by atoms with van der Waals surface area (Å²) in [5.41, 5.74) is -0.406. The first-order valence-electron chi connectivity index (χ1n) is 9.55.